The minimum absolute atomic E-state index is 0.222. The number of halogens is 2. The van der Waals surface area contributed by atoms with E-state index in [1.807, 2.05) is 12.1 Å². The van der Waals surface area contributed by atoms with Gasteiger partial charge in [0, 0.05) is 42.0 Å². The van der Waals surface area contributed by atoms with Crippen molar-refractivity contribution in [2.45, 2.75) is 22.3 Å². The van der Waals surface area contributed by atoms with Gasteiger partial charge >= 0.3 is 0 Å². The first kappa shape index (κ1) is 16.4. The molecule has 2 aromatic carbocycles. The van der Waals surface area contributed by atoms with Crippen molar-refractivity contribution in [1.29, 1.82) is 0 Å². The molecule has 0 bridgehead atoms. The summed E-state index contributed by atoms with van der Waals surface area (Å²) in [4.78, 5) is 7.09. The predicted octanol–water partition coefficient (Wildman–Crippen LogP) is 4.47. The molecule has 1 fully saturated rings. The van der Waals surface area contributed by atoms with Crippen LogP contribution in [0.15, 0.2) is 46.2 Å². The Balaban J connectivity index is 1.79. The summed E-state index contributed by atoms with van der Waals surface area (Å²) in [5.74, 6) is -0.334. The summed E-state index contributed by atoms with van der Waals surface area (Å²) in [7, 11) is 2.16. The minimum atomic E-state index is -0.334. The van der Waals surface area contributed by atoms with Crippen molar-refractivity contribution in [3.05, 3.63) is 58.4 Å². The van der Waals surface area contributed by atoms with Gasteiger partial charge in [0.25, 0.3) is 0 Å². The smallest absolute Gasteiger partial charge is 0.142 e. The maximum Gasteiger partial charge on any atom is 0.142 e. The maximum atomic E-state index is 14.1. The Hall–Kier alpha value is -1.07. The van der Waals surface area contributed by atoms with Crippen LogP contribution >= 0.6 is 23.4 Å². The molecule has 2 aliphatic heterocycles. The highest BCUT2D eigenvalue weighted by Crippen LogP contribution is 2.44. The van der Waals surface area contributed by atoms with E-state index in [-0.39, 0.29) is 16.9 Å². The highest BCUT2D eigenvalue weighted by atomic mass is 35.5. The highest BCUT2D eigenvalue weighted by Gasteiger charge is 2.30. The van der Waals surface area contributed by atoms with Crippen LogP contribution in [-0.4, -0.2) is 43.0 Å². The Morgan fingerprint density at radius 1 is 1.08 bits per heavy atom. The number of piperazine rings is 1. The van der Waals surface area contributed by atoms with E-state index in [2.05, 4.69) is 35.0 Å². The van der Waals surface area contributed by atoms with Gasteiger partial charge in [0.15, 0.2) is 0 Å². The molecule has 2 nitrogen and oxygen atoms in total. The normalized spacial score (nSPS) is 21.9. The van der Waals surface area contributed by atoms with Crippen LogP contribution in [0.1, 0.15) is 17.2 Å². The quantitative estimate of drug-likeness (QED) is 0.738. The third-order valence-electron chi connectivity index (χ3n) is 5.00. The molecule has 0 saturated carbocycles. The van der Waals surface area contributed by atoms with Crippen LogP contribution in [0.2, 0.25) is 5.02 Å². The summed E-state index contributed by atoms with van der Waals surface area (Å²) < 4.78 is 14.1. The van der Waals surface area contributed by atoms with Gasteiger partial charge in [0.1, 0.15) is 5.82 Å². The molecular weight excluding hydrogens is 343 g/mol. The molecule has 0 aliphatic carbocycles. The number of rotatable bonds is 1. The van der Waals surface area contributed by atoms with Gasteiger partial charge in [-0.1, -0.05) is 41.6 Å². The summed E-state index contributed by atoms with van der Waals surface area (Å²) >= 11 is 7.79. The van der Waals surface area contributed by atoms with Crippen LogP contribution in [0.25, 0.3) is 0 Å². The predicted molar refractivity (Wildman–Crippen MR) is 97.5 cm³/mol. The third-order valence-corrected chi connectivity index (χ3v) is 6.48. The van der Waals surface area contributed by atoms with Gasteiger partial charge in [-0.05, 0) is 42.8 Å². The van der Waals surface area contributed by atoms with E-state index in [4.69, 9.17) is 11.6 Å². The summed E-state index contributed by atoms with van der Waals surface area (Å²) in [6.07, 6.45) is 0.946. The number of fused-ring (bicyclic) bond motifs is 2. The first-order valence-corrected chi connectivity index (χ1v) is 9.48. The summed E-state index contributed by atoms with van der Waals surface area (Å²) in [6, 6.07) is 12.2. The number of likely N-dealkylation sites (N-methyl/N-ethyl adjacent to an activating group) is 1. The Morgan fingerprint density at radius 3 is 2.62 bits per heavy atom. The second-order valence-corrected chi connectivity index (χ2v) is 8.06. The molecule has 1 unspecified atom stereocenters. The van der Waals surface area contributed by atoms with E-state index in [0.29, 0.717) is 0 Å². The Labute approximate surface area is 151 Å². The van der Waals surface area contributed by atoms with Crippen molar-refractivity contribution < 1.29 is 4.39 Å². The van der Waals surface area contributed by atoms with Gasteiger partial charge in [0.2, 0.25) is 0 Å². The summed E-state index contributed by atoms with van der Waals surface area (Å²) in [6.45, 7) is 4.19. The van der Waals surface area contributed by atoms with Crippen LogP contribution in [0.4, 0.5) is 4.39 Å². The Morgan fingerprint density at radius 2 is 1.83 bits per heavy atom. The molecule has 2 heterocycles. The van der Waals surface area contributed by atoms with E-state index >= 15 is 0 Å². The first-order valence-electron chi connectivity index (χ1n) is 8.29. The molecule has 1 saturated heterocycles. The minimum Gasteiger partial charge on any atom is -0.304 e. The molecule has 126 valence electrons. The topological polar surface area (TPSA) is 6.48 Å². The molecule has 24 heavy (non-hydrogen) atoms. The number of benzene rings is 2. The summed E-state index contributed by atoms with van der Waals surface area (Å²) in [5, 5.41) is 0.222. The molecule has 2 aromatic rings. The highest BCUT2D eigenvalue weighted by molar-refractivity contribution is 7.99. The molecule has 0 spiro atoms. The zero-order valence-electron chi connectivity index (χ0n) is 13.6. The molecule has 0 radical (unpaired) electrons. The average molecular weight is 363 g/mol. The first-order chi connectivity index (χ1) is 11.6. The van der Waals surface area contributed by atoms with Crippen molar-refractivity contribution in [3.63, 3.8) is 0 Å². The van der Waals surface area contributed by atoms with Crippen molar-refractivity contribution >= 4 is 23.4 Å². The van der Waals surface area contributed by atoms with Crippen molar-refractivity contribution in [1.82, 2.24) is 9.80 Å². The molecule has 1 atom stereocenters. The molecule has 0 amide bonds. The molecule has 0 aromatic heterocycles. The van der Waals surface area contributed by atoms with Crippen molar-refractivity contribution in [2.24, 2.45) is 0 Å². The largest absolute Gasteiger partial charge is 0.304 e. The van der Waals surface area contributed by atoms with Gasteiger partial charge < -0.3 is 4.90 Å². The number of hydrogen-bond acceptors (Lipinski definition) is 3. The lowest BCUT2D eigenvalue weighted by Crippen LogP contribution is -2.46. The second kappa shape index (κ2) is 6.68. The van der Waals surface area contributed by atoms with Crippen LogP contribution in [0.3, 0.4) is 0 Å². The zero-order chi connectivity index (χ0) is 16.7. The standard InChI is InChI=1S/C19H20ClFN2S/c1-22-6-8-23(9-7-22)17-10-13-4-2-3-5-18(13)24-19-12-16(21)15(20)11-14(17)19/h2-5,11-12,17H,6-10H2,1H3. The third kappa shape index (κ3) is 3.08. The molecule has 2 aliphatic rings. The van der Waals surface area contributed by atoms with E-state index < -0.39 is 0 Å². The van der Waals surface area contributed by atoms with Crippen LogP contribution in [0, 0.1) is 5.82 Å². The van der Waals surface area contributed by atoms with Gasteiger partial charge in [-0.2, -0.15) is 0 Å². The Bertz CT molecular complexity index is 759. The fraction of sp³-hybridized carbons (Fsp3) is 0.368. The molecule has 5 heteroatoms. The van der Waals surface area contributed by atoms with Crippen LogP contribution in [0.5, 0.6) is 0 Å². The lowest BCUT2D eigenvalue weighted by atomic mass is 9.96. The second-order valence-electron chi connectivity index (χ2n) is 6.57. The van der Waals surface area contributed by atoms with Gasteiger partial charge in [-0.3, -0.25) is 4.90 Å². The summed E-state index contributed by atoms with van der Waals surface area (Å²) in [5.41, 5.74) is 2.49. The van der Waals surface area contributed by atoms with Crippen LogP contribution in [-0.2, 0) is 6.42 Å². The number of nitrogens with zero attached hydrogens (tertiary/aromatic N) is 2. The number of hydrogen-bond donors (Lipinski definition) is 0. The Kier molecular flexibility index (Phi) is 4.56. The maximum absolute atomic E-state index is 14.1. The van der Waals surface area contributed by atoms with E-state index in [9.17, 15) is 4.39 Å². The molecular formula is C19H20ClFN2S. The lowest BCUT2D eigenvalue weighted by molar-refractivity contribution is 0.110. The van der Waals surface area contributed by atoms with Gasteiger partial charge in [-0.15, -0.1) is 0 Å². The lowest BCUT2D eigenvalue weighted by Gasteiger charge is -2.38. The fourth-order valence-corrected chi connectivity index (χ4v) is 4.87. The van der Waals surface area contributed by atoms with Crippen molar-refractivity contribution in [3.8, 4) is 0 Å². The van der Waals surface area contributed by atoms with E-state index in [0.717, 1.165) is 43.1 Å². The van der Waals surface area contributed by atoms with E-state index in [1.54, 1.807) is 17.8 Å². The molecule has 0 N–H and O–H groups in total. The van der Waals surface area contributed by atoms with Crippen molar-refractivity contribution in [2.75, 3.05) is 33.2 Å². The van der Waals surface area contributed by atoms with E-state index in [1.165, 1.54) is 10.5 Å². The monoisotopic (exact) mass is 362 g/mol. The average Bonchev–Trinajstić information content (AvgIpc) is 2.73. The zero-order valence-corrected chi connectivity index (χ0v) is 15.2. The van der Waals surface area contributed by atoms with Gasteiger partial charge in [0.05, 0.1) is 5.02 Å². The fourth-order valence-electron chi connectivity index (χ4n) is 3.56. The van der Waals surface area contributed by atoms with Crippen LogP contribution < -0.4 is 0 Å². The van der Waals surface area contributed by atoms with Gasteiger partial charge in [-0.25, -0.2) is 4.39 Å². The SMILES string of the molecule is CN1CCN(C2Cc3ccccc3Sc3cc(F)c(Cl)cc32)CC1. The molecule has 4 rings (SSSR count).